The molecule has 0 bridgehead atoms. The number of hydrogen-bond donors (Lipinski definition) is 21. The highest BCUT2D eigenvalue weighted by Crippen LogP contribution is 2.45. The Hall–Kier alpha value is -5.50. The molecule has 3 aromatic rings. The lowest BCUT2D eigenvalue weighted by molar-refractivity contribution is -0.785. The summed E-state index contributed by atoms with van der Waals surface area (Å²) in [6, 6.07) is -1.13. The van der Waals surface area contributed by atoms with Gasteiger partial charge in [-0.15, -0.1) is 4.68 Å². The van der Waals surface area contributed by atoms with Crippen LogP contribution in [-0.2, 0) is 86.0 Å². The fourth-order valence-electron chi connectivity index (χ4n) is 9.59. The summed E-state index contributed by atoms with van der Waals surface area (Å²) in [6.45, 7) is 4.92. The molecule has 93 heavy (non-hydrogen) atoms. The molecule has 0 aliphatic carbocycles. The molecule has 4 saturated heterocycles. The van der Waals surface area contributed by atoms with Crippen molar-refractivity contribution in [2.24, 2.45) is 26.9 Å². The molecule has 8 heterocycles. The van der Waals surface area contributed by atoms with E-state index in [0.29, 0.717) is 9.24 Å². The lowest BCUT2D eigenvalue weighted by atomic mass is 9.96. The Morgan fingerprint density at radius 3 is 1.34 bits per heavy atom. The monoisotopic (exact) mass is 1430 g/mol. The lowest BCUT2D eigenvalue weighted by Crippen LogP contribution is -2.65. The van der Waals surface area contributed by atoms with Gasteiger partial charge in [0.05, 0.1) is 44.1 Å². The van der Waals surface area contributed by atoms with Crippen molar-refractivity contribution in [3.05, 3.63) is 98.8 Å². The van der Waals surface area contributed by atoms with Gasteiger partial charge in [0.1, 0.15) is 91.5 Å². The van der Waals surface area contributed by atoms with Crippen molar-refractivity contribution >= 4 is 43.1 Å². The second-order valence-corrected chi connectivity index (χ2v) is 25.7. The van der Waals surface area contributed by atoms with Crippen molar-refractivity contribution in [3.63, 3.8) is 0 Å². The minimum absolute atomic E-state index is 0.107. The molecule has 5 aliphatic heterocycles. The van der Waals surface area contributed by atoms with E-state index in [-0.39, 0.29) is 11.1 Å². The number of carbonyl (C=O) groups is 2. The number of aliphatic hydroxyl groups excluding tert-OH is 8. The standard InChI is InChI=1S/2C11H17N2O9P.C10H17N4O9P.C10H16N3O9P/c1-4(22-23(18,19)20)8-6(14)7(15)9(21-8)5-3-13(2)11(17)12-10(5)16;1-3(22-23(18,19)20)8-6(14)7(15)9(21-8)4-2-5(12)11(17)13-10(4)16;1-4(23-24(19,20)21)7-5(15)6(16)8(22-7)13-3-14(11)10(18)12(2)9(13)17;1-4(22-23(18,19)20)7-5(14)6(15)8(21-7)13-3-11-9(16)12(2)10(13)17/h3-4,6-9,14-15H,1-2H3,(H,12,16,17)(H2,18,19,20);2-3,5-9,14-15H,12H2,1H3,(H,13,16,17)(H2,18,19,20);3-8,15-16H,11H2,1-2H3,(H-,19,20,21);3-8,14-15H,1-2H3,(H2,18,19,20)/p+2/t4?,6-,7+,8+,9-;3?,5?,6-,7+,8+,9-;2*4?,5-,6+,7+,8+/m0000/s1. The molecule has 5 unspecified atom stereocenters. The molecule has 5 aliphatic rings. The maximum atomic E-state index is 12.1. The predicted molar refractivity (Wildman–Crippen MR) is 293 cm³/mol. The molecule has 0 spiro atoms. The normalized spacial score (nSPS) is 31.2. The van der Waals surface area contributed by atoms with Gasteiger partial charge in [-0.05, 0) is 33.8 Å². The highest BCUT2D eigenvalue weighted by molar-refractivity contribution is 7.47. The van der Waals surface area contributed by atoms with Gasteiger partial charge >= 0.3 is 59.7 Å². The second-order valence-electron chi connectivity index (χ2n) is 21.0. The molecule has 51 heteroatoms. The number of aryl methyl sites for hydroxylation is 1. The van der Waals surface area contributed by atoms with Gasteiger partial charge in [0.15, 0.2) is 6.33 Å². The molecule has 526 valence electrons. The van der Waals surface area contributed by atoms with Crippen LogP contribution < -0.4 is 60.0 Å². The molecule has 0 saturated carbocycles. The van der Waals surface area contributed by atoms with E-state index in [0.717, 1.165) is 50.2 Å². The van der Waals surface area contributed by atoms with Crippen molar-refractivity contribution < 1.29 is 154 Å². The average Bonchev–Trinajstić information content (AvgIpc) is 1.70. The SMILES string of the molecule is CC(OP(=O)(O)O)[C@H]1O[C@@H](C2=CC(N)C(=O)NC2=O)[C@H](O)[C@@H]1O.CC(OP(=O)(O)O)[C@H]1O[C@@H]([n+]2c[nH]c(=O)n(C)c2=O)[C@H](O)[C@@H]1O.CC(OP(=O)(O)O)[C@H]1O[C@@H]([n+]2cn(N)c(=O)n(C)c2=O)[C@H](O)[C@@H]1O.CC(OP(=O)(O)O)[C@H]1O[C@@H](c2cn(C)c(=O)[nH]c2=O)[C@H](O)[C@@H]1O. The minimum Gasteiger partial charge on any atom is -0.387 e. The maximum absolute atomic E-state index is 12.1. The first kappa shape index (κ1) is 78.2. The first-order valence-electron chi connectivity index (χ1n) is 26.3. The molecular formula is C42H69N11O36P4+2. The van der Waals surface area contributed by atoms with Crippen LogP contribution >= 0.6 is 31.3 Å². The van der Waals surface area contributed by atoms with E-state index < -0.39 is 205 Å². The summed E-state index contributed by atoms with van der Waals surface area (Å²) in [6.07, 6.45) is -24.2. The number of nitrogens with one attached hydrogen (secondary N) is 3. The van der Waals surface area contributed by atoms with Crippen LogP contribution in [0.25, 0.3) is 0 Å². The van der Waals surface area contributed by atoms with Crippen LogP contribution in [0.2, 0.25) is 0 Å². The molecule has 0 radical (unpaired) electrons. The topological polar surface area (TPSA) is 725 Å². The van der Waals surface area contributed by atoms with Crippen LogP contribution in [0, 0.1) is 0 Å². The van der Waals surface area contributed by atoms with Crippen molar-refractivity contribution in [3.8, 4) is 0 Å². The van der Waals surface area contributed by atoms with Gasteiger partial charge in [-0.25, -0.2) is 47.2 Å². The number of nitrogens with two attached hydrogens (primary N) is 2. The zero-order valence-electron chi connectivity index (χ0n) is 48.9. The fourth-order valence-corrected chi connectivity index (χ4v) is 11.8. The smallest absolute Gasteiger partial charge is 0.387 e. The molecule has 21 atom stereocenters. The minimum atomic E-state index is -4.85. The number of hydrogen-bond acceptors (Lipinski definition) is 30. The third-order valence-corrected chi connectivity index (χ3v) is 16.5. The maximum Gasteiger partial charge on any atom is 0.469 e. The largest absolute Gasteiger partial charge is 0.469 e. The van der Waals surface area contributed by atoms with Crippen LogP contribution in [-0.4, -0.2) is 230 Å². The summed E-state index contributed by atoms with van der Waals surface area (Å²) in [5, 5.41) is 82.1. The molecule has 2 amide bonds. The van der Waals surface area contributed by atoms with E-state index in [9.17, 15) is 97.5 Å². The Balaban J connectivity index is 0.000000225. The first-order valence-corrected chi connectivity index (χ1v) is 32.4. The van der Waals surface area contributed by atoms with Gasteiger partial charge in [-0.3, -0.25) is 48.6 Å². The second kappa shape index (κ2) is 30.3. The summed E-state index contributed by atoms with van der Waals surface area (Å²) in [7, 11) is -15.6. The third kappa shape index (κ3) is 19.2. The summed E-state index contributed by atoms with van der Waals surface area (Å²) in [5.41, 5.74) is 0.570. The van der Waals surface area contributed by atoms with Crippen LogP contribution in [0.1, 0.15) is 51.8 Å². The number of imide groups is 1. The molecule has 3 aromatic heterocycles. The first-order chi connectivity index (χ1) is 42.5. The van der Waals surface area contributed by atoms with E-state index in [1.165, 1.54) is 41.8 Å². The fraction of sp³-hybridized carbons (Fsp3) is 0.667. The quantitative estimate of drug-likeness (QED) is 0.0274. The zero-order valence-corrected chi connectivity index (χ0v) is 52.5. The average molecular weight is 1430 g/mol. The molecule has 0 aromatic carbocycles. The van der Waals surface area contributed by atoms with E-state index in [4.69, 9.17) is 69.7 Å². The number of aromatic nitrogens is 8. The predicted octanol–water partition coefficient (Wildman–Crippen LogP) is -13.2. The lowest BCUT2D eigenvalue weighted by Gasteiger charge is -2.24. The van der Waals surface area contributed by atoms with Gasteiger partial charge in [-0.1, -0.05) is 0 Å². The number of phosphoric ester groups is 4. The molecule has 23 N–H and O–H groups in total. The van der Waals surface area contributed by atoms with Gasteiger partial charge in [0, 0.05) is 18.8 Å². The molecule has 8 rings (SSSR count). The number of aliphatic hydroxyl groups is 8. The Kier molecular flexibility index (Phi) is 25.5. The van der Waals surface area contributed by atoms with Crippen molar-refractivity contribution in [2.75, 3.05) is 5.84 Å². The number of nitrogens with zero attached hydrogens (tertiary/aromatic N) is 6. The van der Waals surface area contributed by atoms with Crippen molar-refractivity contribution in [1.82, 2.24) is 33.7 Å². The summed E-state index contributed by atoms with van der Waals surface area (Å²) in [4.78, 5) is 168. The number of ether oxygens (including phenoxy) is 4. The van der Waals surface area contributed by atoms with E-state index >= 15 is 0 Å². The van der Waals surface area contributed by atoms with Crippen molar-refractivity contribution in [1.29, 1.82) is 0 Å². The summed E-state index contributed by atoms with van der Waals surface area (Å²) < 4.78 is 87.1. The number of aromatic amines is 2. The van der Waals surface area contributed by atoms with Crippen LogP contribution in [0.4, 0.5) is 0 Å². The van der Waals surface area contributed by atoms with E-state index in [2.05, 4.69) is 23.1 Å². The van der Waals surface area contributed by atoms with Gasteiger partial charge in [0.25, 0.3) is 11.5 Å². The Morgan fingerprint density at radius 1 is 0.538 bits per heavy atom. The Bertz CT molecular complexity index is 3760. The Morgan fingerprint density at radius 2 is 0.914 bits per heavy atom. The Labute approximate surface area is 517 Å². The van der Waals surface area contributed by atoms with Crippen LogP contribution in [0.3, 0.4) is 0 Å². The highest BCUT2D eigenvalue weighted by Gasteiger charge is 2.54. The van der Waals surface area contributed by atoms with Gasteiger partial charge < -0.3 is 109 Å². The molecular weight excluding hydrogens is 1360 g/mol. The number of phosphoric acid groups is 4. The molecule has 4 fully saturated rings. The number of H-pyrrole nitrogens is 2. The van der Waals surface area contributed by atoms with Gasteiger partial charge in [0.2, 0.25) is 24.7 Å². The van der Waals surface area contributed by atoms with E-state index in [1.807, 2.05) is 10.3 Å². The summed E-state index contributed by atoms with van der Waals surface area (Å²) >= 11 is 0. The van der Waals surface area contributed by atoms with Crippen molar-refractivity contribution in [2.45, 2.75) is 156 Å². The van der Waals surface area contributed by atoms with Crippen LogP contribution in [0.15, 0.2) is 59.3 Å². The van der Waals surface area contributed by atoms with Gasteiger partial charge in [-0.2, -0.15) is 18.3 Å². The number of rotatable bonds is 16. The zero-order chi connectivity index (χ0) is 71.0. The summed E-state index contributed by atoms with van der Waals surface area (Å²) in [5.74, 6) is 3.86. The van der Waals surface area contributed by atoms with E-state index in [1.54, 1.807) is 0 Å². The number of nitrogen functional groups attached to an aromatic ring is 1. The third-order valence-electron chi connectivity index (χ3n) is 14.1. The number of carbonyl (C=O) groups excluding carboxylic acids is 2. The van der Waals surface area contributed by atoms with Crippen LogP contribution in [0.5, 0.6) is 0 Å². The number of amides is 2. The highest BCUT2D eigenvalue weighted by atomic mass is 31.2. The molecule has 47 nitrogen and oxygen atoms in total.